The molecule has 0 aliphatic carbocycles. The Morgan fingerprint density at radius 2 is 2.11 bits per heavy atom. The van der Waals surface area contributed by atoms with Crippen LogP contribution in [0, 0.1) is 0 Å². The zero-order valence-corrected chi connectivity index (χ0v) is 12.6. The third-order valence-electron chi connectivity index (χ3n) is 3.04. The number of aryl methyl sites for hydroxylation is 1. The summed E-state index contributed by atoms with van der Waals surface area (Å²) >= 11 is 0. The smallest absolute Gasteiger partial charge is 0.161 e. The van der Waals surface area contributed by atoms with E-state index in [0.717, 1.165) is 50.6 Å². The number of nitrogens with zero attached hydrogens (tertiary/aromatic N) is 2. The molecule has 1 N–H and O–H groups in total. The maximum absolute atomic E-state index is 5.59. The van der Waals surface area contributed by atoms with E-state index in [1.54, 1.807) is 13.3 Å². The van der Waals surface area contributed by atoms with Crippen molar-refractivity contribution in [1.82, 2.24) is 15.1 Å². The number of aromatic nitrogens is 2. The van der Waals surface area contributed by atoms with Gasteiger partial charge in [0.15, 0.2) is 5.75 Å². The highest BCUT2D eigenvalue weighted by molar-refractivity contribution is 5.28. The van der Waals surface area contributed by atoms with Crippen LogP contribution in [-0.4, -0.2) is 36.6 Å². The van der Waals surface area contributed by atoms with Crippen LogP contribution in [0.3, 0.4) is 0 Å². The summed E-state index contributed by atoms with van der Waals surface area (Å²) in [4.78, 5) is 0. The van der Waals surface area contributed by atoms with Crippen LogP contribution >= 0.6 is 0 Å². The van der Waals surface area contributed by atoms with Crippen molar-refractivity contribution >= 4 is 0 Å². The van der Waals surface area contributed by atoms with E-state index >= 15 is 0 Å². The molecule has 5 nitrogen and oxygen atoms in total. The molecule has 0 saturated heterocycles. The molecule has 0 radical (unpaired) electrons. The van der Waals surface area contributed by atoms with Crippen molar-refractivity contribution in [1.29, 1.82) is 0 Å². The molecule has 1 aromatic rings. The van der Waals surface area contributed by atoms with Crippen LogP contribution in [0.4, 0.5) is 0 Å². The van der Waals surface area contributed by atoms with Crippen LogP contribution in [0.5, 0.6) is 5.75 Å². The van der Waals surface area contributed by atoms with Gasteiger partial charge < -0.3 is 14.8 Å². The van der Waals surface area contributed by atoms with E-state index in [2.05, 4.69) is 31.2 Å². The first kappa shape index (κ1) is 16.0. The fourth-order valence-corrected chi connectivity index (χ4v) is 2.17. The fourth-order valence-electron chi connectivity index (χ4n) is 2.17. The van der Waals surface area contributed by atoms with Crippen molar-refractivity contribution in [2.45, 2.75) is 46.2 Å². The van der Waals surface area contributed by atoms with E-state index in [9.17, 15) is 0 Å². The summed E-state index contributed by atoms with van der Waals surface area (Å²) in [5.74, 6) is 0.850. The van der Waals surface area contributed by atoms with E-state index in [4.69, 9.17) is 9.47 Å². The average Bonchev–Trinajstić information content (AvgIpc) is 2.85. The Balaban J connectivity index is 2.76. The molecule has 1 atom stereocenters. The predicted molar refractivity (Wildman–Crippen MR) is 76.6 cm³/mol. The lowest BCUT2D eigenvalue weighted by Gasteiger charge is -2.20. The Hall–Kier alpha value is -1.07. The van der Waals surface area contributed by atoms with Gasteiger partial charge in [0.1, 0.15) is 0 Å². The SMILES string of the molecule is CCCOCCC(NCC)c1c(OC)cnn1CC. The number of rotatable bonds is 10. The normalized spacial score (nSPS) is 12.6. The molecular formula is C14H27N3O2. The quantitative estimate of drug-likeness (QED) is 0.663. The van der Waals surface area contributed by atoms with Gasteiger partial charge in [0.2, 0.25) is 0 Å². The highest BCUT2D eigenvalue weighted by Gasteiger charge is 2.20. The Bertz CT molecular complexity index is 331. The Labute approximate surface area is 116 Å². The lowest BCUT2D eigenvalue weighted by molar-refractivity contribution is 0.123. The molecule has 0 spiro atoms. The summed E-state index contributed by atoms with van der Waals surface area (Å²) in [6.07, 6.45) is 3.77. The average molecular weight is 269 g/mol. The second kappa shape index (κ2) is 8.93. The minimum Gasteiger partial charge on any atom is -0.493 e. The first-order valence-electron chi connectivity index (χ1n) is 7.19. The monoisotopic (exact) mass is 269 g/mol. The van der Waals surface area contributed by atoms with Gasteiger partial charge in [0, 0.05) is 19.8 Å². The van der Waals surface area contributed by atoms with Crippen molar-refractivity contribution in [2.75, 3.05) is 26.9 Å². The van der Waals surface area contributed by atoms with Gasteiger partial charge in [0.05, 0.1) is 25.0 Å². The molecule has 1 rings (SSSR count). The van der Waals surface area contributed by atoms with E-state index in [0.29, 0.717) is 0 Å². The molecule has 0 amide bonds. The molecule has 0 saturated carbocycles. The maximum atomic E-state index is 5.59. The molecule has 5 heteroatoms. The zero-order valence-electron chi connectivity index (χ0n) is 12.6. The first-order chi connectivity index (χ1) is 9.28. The summed E-state index contributed by atoms with van der Waals surface area (Å²) in [5.41, 5.74) is 1.12. The summed E-state index contributed by atoms with van der Waals surface area (Å²) in [5, 5.41) is 7.85. The fraction of sp³-hybridized carbons (Fsp3) is 0.786. The van der Waals surface area contributed by atoms with Gasteiger partial charge in [-0.15, -0.1) is 0 Å². The number of hydrogen-bond donors (Lipinski definition) is 1. The standard InChI is InChI=1S/C14H27N3O2/c1-5-9-19-10-8-12(15-6-2)14-13(18-4)11-16-17(14)7-3/h11-12,15H,5-10H2,1-4H3. The second-order valence-corrected chi connectivity index (χ2v) is 4.43. The molecule has 110 valence electrons. The van der Waals surface area contributed by atoms with Gasteiger partial charge in [-0.3, -0.25) is 4.68 Å². The van der Waals surface area contributed by atoms with E-state index in [-0.39, 0.29) is 6.04 Å². The molecule has 0 aliphatic rings. The van der Waals surface area contributed by atoms with E-state index < -0.39 is 0 Å². The van der Waals surface area contributed by atoms with Crippen molar-refractivity contribution in [2.24, 2.45) is 0 Å². The van der Waals surface area contributed by atoms with Gasteiger partial charge >= 0.3 is 0 Å². The van der Waals surface area contributed by atoms with Gasteiger partial charge in [-0.2, -0.15) is 5.10 Å². The lowest BCUT2D eigenvalue weighted by atomic mass is 10.1. The molecular weight excluding hydrogens is 242 g/mol. The predicted octanol–water partition coefficient (Wildman–Crippen LogP) is 2.38. The van der Waals surface area contributed by atoms with Gasteiger partial charge in [-0.25, -0.2) is 0 Å². The maximum Gasteiger partial charge on any atom is 0.161 e. The summed E-state index contributed by atoms with van der Waals surface area (Å²) in [6, 6.07) is 0.222. The molecule has 1 heterocycles. The van der Waals surface area contributed by atoms with Gasteiger partial charge in [-0.1, -0.05) is 13.8 Å². The summed E-state index contributed by atoms with van der Waals surface area (Å²) in [6.45, 7) is 9.65. The second-order valence-electron chi connectivity index (χ2n) is 4.43. The first-order valence-corrected chi connectivity index (χ1v) is 7.19. The van der Waals surface area contributed by atoms with Gasteiger partial charge in [0.25, 0.3) is 0 Å². The van der Waals surface area contributed by atoms with Crippen molar-refractivity contribution in [3.63, 3.8) is 0 Å². The van der Waals surface area contributed by atoms with E-state index in [1.807, 2.05) is 4.68 Å². The lowest BCUT2D eigenvalue weighted by Crippen LogP contribution is -2.25. The summed E-state index contributed by atoms with van der Waals surface area (Å²) < 4.78 is 13.0. The number of nitrogens with one attached hydrogen (secondary N) is 1. The van der Waals surface area contributed by atoms with Crippen molar-refractivity contribution in [3.8, 4) is 5.75 Å². The Morgan fingerprint density at radius 1 is 1.32 bits per heavy atom. The minimum absolute atomic E-state index is 0.222. The van der Waals surface area contributed by atoms with Crippen LogP contribution in [0.2, 0.25) is 0 Å². The number of hydrogen-bond acceptors (Lipinski definition) is 4. The largest absolute Gasteiger partial charge is 0.493 e. The van der Waals surface area contributed by atoms with Crippen LogP contribution in [0.15, 0.2) is 6.20 Å². The van der Waals surface area contributed by atoms with Crippen LogP contribution < -0.4 is 10.1 Å². The molecule has 1 unspecified atom stereocenters. The molecule has 0 fully saturated rings. The van der Waals surface area contributed by atoms with Gasteiger partial charge in [-0.05, 0) is 26.3 Å². The third-order valence-corrected chi connectivity index (χ3v) is 3.04. The van der Waals surface area contributed by atoms with Crippen LogP contribution in [0.1, 0.15) is 45.3 Å². The Morgan fingerprint density at radius 3 is 2.68 bits per heavy atom. The zero-order chi connectivity index (χ0) is 14.1. The molecule has 19 heavy (non-hydrogen) atoms. The summed E-state index contributed by atoms with van der Waals surface area (Å²) in [7, 11) is 1.69. The molecule has 0 bridgehead atoms. The van der Waals surface area contributed by atoms with Crippen molar-refractivity contribution in [3.05, 3.63) is 11.9 Å². The highest BCUT2D eigenvalue weighted by atomic mass is 16.5. The van der Waals surface area contributed by atoms with E-state index in [1.165, 1.54) is 0 Å². The highest BCUT2D eigenvalue weighted by Crippen LogP contribution is 2.27. The minimum atomic E-state index is 0.222. The molecule has 1 aromatic heterocycles. The third kappa shape index (κ3) is 4.51. The Kier molecular flexibility index (Phi) is 7.52. The molecule has 0 aromatic carbocycles. The molecule has 0 aliphatic heterocycles. The van der Waals surface area contributed by atoms with Crippen LogP contribution in [-0.2, 0) is 11.3 Å². The van der Waals surface area contributed by atoms with Crippen LogP contribution in [0.25, 0.3) is 0 Å². The number of methoxy groups -OCH3 is 1. The number of ether oxygens (including phenoxy) is 2. The topological polar surface area (TPSA) is 48.3 Å². The van der Waals surface area contributed by atoms with Crippen molar-refractivity contribution < 1.29 is 9.47 Å².